The van der Waals surface area contributed by atoms with Crippen LogP contribution in [0, 0.1) is 15.6 Å². The van der Waals surface area contributed by atoms with Crippen LogP contribution in [0.25, 0.3) is 0 Å². The van der Waals surface area contributed by atoms with Gasteiger partial charge in [-0.2, -0.15) is 0 Å². The summed E-state index contributed by atoms with van der Waals surface area (Å²) in [6, 6.07) is 4.06. The quantitative estimate of drug-likeness (QED) is 0.861. The highest BCUT2D eigenvalue weighted by Crippen LogP contribution is 2.30. The van der Waals surface area contributed by atoms with Crippen molar-refractivity contribution in [3.05, 3.63) is 21.7 Å². The summed E-state index contributed by atoms with van der Waals surface area (Å²) in [5, 5.41) is 3.49. The molecule has 2 nitrogen and oxygen atoms in total. The molecule has 1 heterocycles. The molecule has 1 aromatic rings. The Balaban J connectivity index is 1.70. The smallest absolute Gasteiger partial charge is 0.164 e. The van der Waals surface area contributed by atoms with Gasteiger partial charge in [0, 0.05) is 0 Å². The zero-order valence-corrected chi connectivity index (χ0v) is 11.3. The minimum Gasteiger partial charge on any atom is -0.454 e. The molecule has 2 rings (SSSR count). The van der Waals surface area contributed by atoms with Crippen molar-refractivity contribution in [1.29, 1.82) is 0 Å². The standard InChI is InChI=1S/C12H18INO/c1-9-3-2-4-10(9)7-14-8-11-5-6-12(13)15-11/h5-6,9-10,14H,2-4,7-8H2,1H3. The summed E-state index contributed by atoms with van der Waals surface area (Å²) in [5.74, 6) is 2.82. The second-order valence-corrected chi connectivity index (χ2v) is 5.57. The van der Waals surface area contributed by atoms with Crippen LogP contribution in [0.4, 0.5) is 0 Å². The Labute approximate surface area is 105 Å². The summed E-state index contributed by atoms with van der Waals surface area (Å²) in [4.78, 5) is 0. The summed E-state index contributed by atoms with van der Waals surface area (Å²) >= 11 is 2.20. The molecule has 1 saturated carbocycles. The SMILES string of the molecule is CC1CCCC1CNCc1ccc(I)o1. The minimum atomic E-state index is 0.867. The van der Waals surface area contributed by atoms with Gasteiger partial charge in [0.05, 0.1) is 6.54 Å². The van der Waals surface area contributed by atoms with Gasteiger partial charge in [-0.25, -0.2) is 0 Å². The molecule has 0 amide bonds. The van der Waals surface area contributed by atoms with E-state index < -0.39 is 0 Å². The van der Waals surface area contributed by atoms with Gasteiger partial charge >= 0.3 is 0 Å². The molecular formula is C12H18INO. The fourth-order valence-corrected chi connectivity index (χ4v) is 2.82. The first-order chi connectivity index (χ1) is 7.25. The molecule has 1 fully saturated rings. The largest absolute Gasteiger partial charge is 0.454 e. The van der Waals surface area contributed by atoms with Crippen LogP contribution in [-0.2, 0) is 6.54 Å². The van der Waals surface area contributed by atoms with E-state index in [1.807, 2.05) is 12.1 Å². The lowest BCUT2D eigenvalue weighted by atomic mass is 9.98. The third-order valence-corrected chi connectivity index (χ3v) is 3.95. The van der Waals surface area contributed by atoms with Gasteiger partial charge in [-0.1, -0.05) is 19.8 Å². The lowest BCUT2D eigenvalue weighted by Crippen LogP contribution is -2.23. The maximum absolute atomic E-state index is 5.50. The Kier molecular flexibility index (Phi) is 4.08. The summed E-state index contributed by atoms with van der Waals surface area (Å²) < 4.78 is 6.47. The molecule has 15 heavy (non-hydrogen) atoms. The van der Waals surface area contributed by atoms with Gasteiger partial charge in [0.2, 0.25) is 0 Å². The summed E-state index contributed by atoms with van der Waals surface area (Å²) in [7, 11) is 0. The molecule has 1 N–H and O–H groups in total. The molecule has 2 unspecified atom stereocenters. The second kappa shape index (κ2) is 5.34. The van der Waals surface area contributed by atoms with E-state index in [1.165, 1.54) is 19.3 Å². The number of halogens is 1. The van der Waals surface area contributed by atoms with Crippen molar-refractivity contribution < 1.29 is 4.42 Å². The third kappa shape index (κ3) is 3.21. The van der Waals surface area contributed by atoms with Crippen LogP contribution in [0.15, 0.2) is 16.5 Å². The van der Waals surface area contributed by atoms with Crippen LogP contribution in [-0.4, -0.2) is 6.54 Å². The molecule has 0 spiro atoms. The normalized spacial score (nSPS) is 26.0. The molecule has 0 aromatic carbocycles. The molecule has 0 saturated heterocycles. The Bertz CT molecular complexity index is 310. The molecule has 0 radical (unpaired) electrons. The fourth-order valence-electron chi connectivity index (χ4n) is 2.35. The van der Waals surface area contributed by atoms with Crippen LogP contribution in [0.5, 0.6) is 0 Å². The number of rotatable bonds is 4. The number of hydrogen-bond acceptors (Lipinski definition) is 2. The highest BCUT2D eigenvalue weighted by molar-refractivity contribution is 14.1. The van der Waals surface area contributed by atoms with E-state index in [-0.39, 0.29) is 0 Å². The van der Waals surface area contributed by atoms with Gasteiger partial charge in [0.25, 0.3) is 0 Å². The Hall–Kier alpha value is -0.0300. The van der Waals surface area contributed by atoms with E-state index in [2.05, 4.69) is 34.8 Å². The first-order valence-corrected chi connectivity index (χ1v) is 6.78. The molecule has 2 atom stereocenters. The lowest BCUT2D eigenvalue weighted by Gasteiger charge is -2.15. The average molecular weight is 319 g/mol. The highest BCUT2D eigenvalue weighted by atomic mass is 127. The van der Waals surface area contributed by atoms with E-state index in [0.717, 1.165) is 34.5 Å². The molecule has 0 aliphatic heterocycles. The highest BCUT2D eigenvalue weighted by Gasteiger charge is 2.22. The maximum Gasteiger partial charge on any atom is 0.164 e. The van der Waals surface area contributed by atoms with E-state index in [9.17, 15) is 0 Å². The van der Waals surface area contributed by atoms with E-state index in [4.69, 9.17) is 4.42 Å². The minimum absolute atomic E-state index is 0.867. The number of furan rings is 1. The monoisotopic (exact) mass is 319 g/mol. The van der Waals surface area contributed by atoms with Crippen LogP contribution in [0.2, 0.25) is 0 Å². The summed E-state index contributed by atoms with van der Waals surface area (Å²) in [6.45, 7) is 4.37. The van der Waals surface area contributed by atoms with Gasteiger partial charge in [-0.15, -0.1) is 0 Å². The third-order valence-electron chi connectivity index (χ3n) is 3.37. The van der Waals surface area contributed by atoms with Crippen molar-refractivity contribution in [1.82, 2.24) is 5.32 Å². The van der Waals surface area contributed by atoms with Crippen molar-refractivity contribution in [3.8, 4) is 0 Å². The fraction of sp³-hybridized carbons (Fsp3) is 0.667. The molecule has 0 bridgehead atoms. The molecule has 1 aliphatic rings. The Morgan fingerprint density at radius 3 is 2.93 bits per heavy atom. The van der Waals surface area contributed by atoms with Crippen molar-refractivity contribution >= 4 is 22.6 Å². The summed E-state index contributed by atoms with van der Waals surface area (Å²) in [6.07, 6.45) is 4.21. The molecule has 3 heteroatoms. The van der Waals surface area contributed by atoms with E-state index in [0.29, 0.717) is 0 Å². The van der Waals surface area contributed by atoms with E-state index in [1.54, 1.807) is 0 Å². The van der Waals surface area contributed by atoms with Gasteiger partial charge in [-0.3, -0.25) is 0 Å². The lowest BCUT2D eigenvalue weighted by molar-refractivity contribution is 0.378. The first kappa shape index (κ1) is 11.5. The average Bonchev–Trinajstić information content (AvgIpc) is 2.77. The molecule has 1 aliphatic carbocycles. The van der Waals surface area contributed by atoms with E-state index >= 15 is 0 Å². The topological polar surface area (TPSA) is 25.2 Å². The van der Waals surface area contributed by atoms with Crippen LogP contribution < -0.4 is 5.32 Å². The van der Waals surface area contributed by atoms with Crippen molar-refractivity contribution in [2.75, 3.05) is 6.54 Å². The number of nitrogens with one attached hydrogen (secondary N) is 1. The zero-order valence-electron chi connectivity index (χ0n) is 9.13. The van der Waals surface area contributed by atoms with Crippen LogP contribution in [0.3, 0.4) is 0 Å². The van der Waals surface area contributed by atoms with Crippen molar-refractivity contribution in [2.45, 2.75) is 32.7 Å². The van der Waals surface area contributed by atoms with Gasteiger partial charge in [0.15, 0.2) is 3.77 Å². The maximum atomic E-state index is 5.50. The second-order valence-electron chi connectivity index (χ2n) is 4.50. The van der Waals surface area contributed by atoms with Gasteiger partial charge in [0.1, 0.15) is 5.76 Å². The molecular weight excluding hydrogens is 301 g/mol. The molecule has 1 aromatic heterocycles. The molecule has 84 valence electrons. The summed E-state index contributed by atoms with van der Waals surface area (Å²) in [5.41, 5.74) is 0. The first-order valence-electron chi connectivity index (χ1n) is 5.70. The predicted octanol–water partition coefficient (Wildman–Crippen LogP) is 3.41. The number of hydrogen-bond donors (Lipinski definition) is 1. The van der Waals surface area contributed by atoms with Crippen LogP contribution >= 0.6 is 22.6 Å². The predicted molar refractivity (Wildman–Crippen MR) is 69.6 cm³/mol. The van der Waals surface area contributed by atoms with Crippen molar-refractivity contribution in [2.24, 2.45) is 11.8 Å². The van der Waals surface area contributed by atoms with Gasteiger partial charge < -0.3 is 9.73 Å². The Morgan fingerprint density at radius 1 is 1.47 bits per heavy atom. The Morgan fingerprint density at radius 2 is 2.33 bits per heavy atom. The van der Waals surface area contributed by atoms with Crippen LogP contribution in [0.1, 0.15) is 31.9 Å². The zero-order chi connectivity index (χ0) is 10.7. The van der Waals surface area contributed by atoms with Gasteiger partial charge in [-0.05, 0) is 59.5 Å². The van der Waals surface area contributed by atoms with Crippen molar-refractivity contribution in [3.63, 3.8) is 0 Å².